The molecule has 2 saturated carbocycles. The molecule has 2 bridgehead atoms. The van der Waals surface area contributed by atoms with Crippen molar-refractivity contribution in [2.24, 2.45) is 23.2 Å². The number of amides is 1. The first-order valence-corrected chi connectivity index (χ1v) is 13.8. The number of likely N-dealkylation sites (tertiary alicyclic amines) is 1. The van der Waals surface area contributed by atoms with Crippen molar-refractivity contribution in [2.75, 3.05) is 13.1 Å². The van der Waals surface area contributed by atoms with E-state index in [0.29, 0.717) is 22.7 Å². The van der Waals surface area contributed by atoms with Crippen molar-refractivity contribution in [3.63, 3.8) is 0 Å². The van der Waals surface area contributed by atoms with Gasteiger partial charge in [-0.3, -0.25) is 14.5 Å². The fourth-order valence-electron chi connectivity index (χ4n) is 8.72. The third-order valence-corrected chi connectivity index (χ3v) is 10.3. The SMILES string of the molecule is CC(NC(=O)c1cc(Cl)c[nH]c1=O)C1[C@@H](C)CC2(C)C3Cc4ccc(O)cc4C12CCN3CC1CC1. The number of hydrogen-bond acceptors (Lipinski definition) is 4. The van der Waals surface area contributed by atoms with E-state index in [0.717, 1.165) is 31.7 Å². The van der Waals surface area contributed by atoms with Crippen LogP contribution in [0.1, 0.15) is 67.9 Å². The van der Waals surface area contributed by atoms with Crippen molar-refractivity contribution in [2.45, 2.75) is 70.4 Å². The zero-order valence-corrected chi connectivity index (χ0v) is 22.1. The van der Waals surface area contributed by atoms with Gasteiger partial charge in [-0.15, -0.1) is 0 Å². The Morgan fingerprint density at radius 2 is 2.11 bits per heavy atom. The van der Waals surface area contributed by atoms with Crippen molar-refractivity contribution >= 4 is 17.5 Å². The normalized spacial score (nSPS) is 34.1. The molecule has 3 N–H and O–H groups in total. The molecule has 192 valence electrons. The van der Waals surface area contributed by atoms with E-state index in [1.54, 1.807) is 0 Å². The van der Waals surface area contributed by atoms with Gasteiger partial charge in [-0.1, -0.05) is 31.5 Å². The number of aromatic amines is 1. The van der Waals surface area contributed by atoms with E-state index in [1.807, 2.05) is 12.1 Å². The van der Waals surface area contributed by atoms with Crippen molar-refractivity contribution < 1.29 is 9.90 Å². The maximum atomic E-state index is 13.2. The molecule has 1 aliphatic heterocycles. The van der Waals surface area contributed by atoms with E-state index in [4.69, 9.17) is 11.6 Å². The third kappa shape index (κ3) is 3.47. The number of piperidine rings is 1. The molecule has 0 radical (unpaired) electrons. The van der Waals surface area contributed by atoms with Gasteiger partial charge in [0.05, 0.1) is 5.02 Å². The van der Waals surface area contributed by atoms with Crippen LogP contribution in [0.25, 0.3) is 0 Å². The van der Waals surface area contributed by atoms with Crippen LogP contribution < -0.4 is 10.9 Å². The second-order valence-corrected chi connectivity index (χ2v) is 12.6. The van der Waals surface area contributed by atoms with E-state index in [2.05, 4.69) is 42.0 Å². The highest BCUT2D eigenvalue weighted by Crippen LogP contribution is 2.69. The highest BCUT2D eigenvalue weighted by atomic mass is 35.5. The zero-order valence-electron chi connectivity index (χ0n) is 21.3. The maximum Gasteiger partial charge on any atom is 0.260 e. The summed E-state index contributed by atoms with van der Waals surface area (Å²) in [5, 5.41) is 14.1. The Balaban J connectivity index is 1.41. The van der Waals surface area contributed by atoms with Gasteiger partial charge < -0.3 is 15.4 Å². The lowest BCUT2D eigenvalue weighted by Crippen LogP contribution is -2.67. The van der Waals surface area contributed by atoms with Gasteiger partial charge in [0.2, 0.25) is 0 Å². The lowest BCUT2D eigenvalue weighted by Gasteiger charge is -2.63. The number of phenols is 1. The summed E-state index contributed by atoms with van der Waals surface area (Å²) in [4.78, 5) is 30.9. The smallest absolute Gasteiger partial charge is 0.260 e. The highest BCUT2D eigenvalue weighted by molar-refractivity contribution is 6.30. The molecule has 6 nitrogen and oxygen atoms in total. The summed E-state index contributed by atoms with van der Waals surface area (Å²) in [6.45, 7) is 9.11. The van der Waals surface area contributed by atoms with Crippen LogP contribution in [0.3, 0.4) is 0 Å². The van der Waals surface area contributed by atoms with Gasteiger partial charge in [-0.25, -0.2) is 0 Å². The summed E-state index contributed by atoms with van der Waals surface area (Å²) in [5.41, 5.74) is 2.09. The second kappa shape index (κ2) is 8.35. The average molecular weight is 510 g/mol. The predicted octanol–water partition coefficient (Wildman–Crippen LogP) is 4.49. The fraction of sp³-hybridized carbons (Fsp3) is 0.586. The van der Waals surface area contributed by atoms with Gasteiger partial charge in [-0.05, 0) is 98.1 Å². The topological polar surface area (TPSA) is 85.4 Å². The molecule has 3 fully saturated rings. The number of benzene rings is 1. The van der Waals surface area contributed by atoms with E-state index in [1.165, 1.54) is 42.8 Å². The molecular weight excluding hydrogens is 474 g/mol. The second-order valence-electron chi connectivity index (χ2n) is 12.2. The van der Waals surface area contributed by atoms with E-state index in [9.17, 15) is 14.7 Å². The summed E-state index contributed by atoms with van der Waals surface area (Å²) >= 11 is 6.07. The first kappa shape index (κ1) is 24.1. The number of aromatic hydroxyl groups is 1. The molecule has 1 aromatic heterocycles. The Labute approximate surface area is 217 Å². The molecule has 36 heavy (non-hydrogen) atoms. The molecule has 6 rings (SSSR count). The molecule has 4 aliphatic rings. The molecule has 1 saturated heterocycles. The summed E-state index contributed by atoms with van der Waals surface area (Å²) in [6.07, 6.45) is 7.19. The summed E-state index contributed by atoms with van der Waals surface area (Å²) in [5.74, 6) is 1.31. The summed E-state index contributed by atoms with van der Waals surface area (Å²) in [7, 11) is 0. The minimum absolute atomic E-state index is 0.0392. The van der Waals surface area contributed by atoms with Crippen LogP contribution in [0, 0.1) is 23.2 Å². The Morgan fingerprint density at radius 3 is 2.86 bits per heavy atom. The molecule has 1 amide bonds. The van der Waals surface area contributed by atoms with Gasteiger partial charge in [0.25, 0.3) is 11.5 Å². The summed E-state index contributed by atoms with van der Waals surface area (Å²) in [6, 6.07) is 7.68. The number of aromatic nitrogens is 1. The van der Waals surface area contributed by atoms with Crippen LogP contribution in [0.5, 0.6) is 5.75 Å². The number of halogens is 1. The monoisotopic (exact) mass is 509 g/mol. The van der Waals surface area contributed by atoms with Crippen LogP contribution in [0.2, 0.25) is 5.02 Å². The number of hydrogen-bond donors (Lipinski definition) is 3. The van der Waals surface area contributed by atoms with Crippen LogP contribution in [-0.4, -0.2) is 46.1 Å². The first-order chi connectivity index (χ1) is 17.1. The number of nitrogens with one attached hydrogen (secondary N) is 2. The van der Waals surface area contributed by atoms with Crippen molar-refractivity contribution in [3.05, 3.63) is 62.5 Å². The summed E-state index contributed by atoms with van der Waals surface area (Å²) < 4.78 is 0. The quantitative estimate of drug-likeness (QED) is 0.554. The first-order valence-electron chi connectivity index (χ1n) is 13.4. The van der Waals surface area contributed by atoms with Gasteiger partial charge in [0.1, 0.15) is 11.3 Å². The van der Waals surface area contributed by atoms with E-state index in [-0.39, 0.29) is 28.4 Å². The van der Waals surface area contributed by atoms with Gasteiger partial charge >= 0.3 is 0 Å². The number of nitrogens with zero attached hydrogens (tertiary/aromatic N) is 1. The predicted molar refractivity (Wildman–Crippen MR) is 141 cm³/mol. The number of fused-ring (bicyclic) bond motifs is 1. The van der Waals surface area contributed by atoms with E-state index < -0.39 is 11.5 Å². The lowest BCUT2D eigenvalue weighted by molar-refractivity contribution is -0.0581. The third-order valence-electron chi connectivity index (χ3n) is 10.1. The molecule has 5 unspecified atom stereocenters. The van der Waals surface area contributed by atoms with Gasteiger partial charge in [0, 0.05) is 30.2 Å². The minimum Gasteiger partial charge on any atom is -0.508 e. The number of pyridine rings is 1. The largest absolute Gasteiger partial charge is 0.508 e. The highest BCUT2D eigenvalue weighted by Gasteiger charge is 2.69. The number of rotatable bonds is 5. The van der Waals surface area contributed by atoms with Crippen molar-refractivity contribution in [3.8, 4) is 5.75 Å². The lowest BCUT2D eigenvalue weighted by atomic mass is 9.48. The molecule has 6 atom stereocenters. The van der Waals surface area contributed by atoms with Crippen LogP contribution in [0.4, 0.5) is 0 Å². The van der Waals surface area contributed by atoms with E-state index >= 15 is 0 Å². The molecule has 2 heterocycles. The number of H-pyrrole nitrogens is 1. The number of phenolic OH excluding ortho intramolecular Hbond substituents is 1. The number of carbonyl (C=O) groups excluding carboxylic acids is 1. The Hall–Kier alpha value is -2.31. The molecule has 0 spiro atoms. The molecule has 1 aromatic carbocycles. The standard InChI is InChI=1S/C29H36ClN3O3/c1-16-13-28(3)24-10-19-6-7-21(34)12-23(19)29(28,8-9-33(24)15-18-4-5-18)25(16)17(2)32-27(36)22-11-20(30)14-31-26(22)35/h6-7,11-12,14,16-18,24-25,34H,4-5,8-10,13,15H2,1-3H3,(H,31,35)(H,32,36)/t16-,17?,24?,25?,28?,29?/m0/s1. The van der Waals surface area contributed by atoms with Crippen LogP contribution in [0.15, 0.2) is 35.3 Å². The zero-order chi connectivity index (χ0) is 25.4. The fourth-order valence-corrected chi connectivity index (χ4v) is 8.89. The minimum atomic E-state index is -0.437. The van der Waals surface area contributed by atoms with Gasteiger partial charge in [0.15, 0.2) is 0 Å². The number of carbonyl (C=O) groups is 1. The molecular formula is C29H36ClN3O3. The molecule has 7 heteroatoms. The molecule has 2 aromatic rings. The Morgan fingerprint density at radius 1 is 1.33 bits per heavy atom. The average Bonchev–Trinajstić information content (AvgIpc) is 3.59. The van der Waals surface area contributed by atoms with Crippen molar-refractivity contribution in [1.29, 1.82) is 0 Å². The van der Waals surface area contributed by atoms with Crippen molar-refractivity contribution in [1.82, 2.24) is 15.2 Å². The van der Waals surface area contributed by atoms with Crippen LogP contribution >= 0.6 is 11.6 Å². The van der Waals surface area contributed by atoms with Gasteiger partial charge in [-0.2, -0.15) is 0 Å². The Bertz CT molecular complexity index is 1270. The maximum absolute atomic E-state index is 13.2. The van der Waals surface area contributed by atoms with Crippen LogP contribution in [-0.2, 0) is 11.8 Å². The Kier molecular flexibility index (Phi) is 5.58. The molecule has 3 aliphatic carbocycles.